The molecule has 35 heavy (non-hydrogen) atoms. The lowest BCUT2D eigenvalue weighted by molar-refractivity contribution is -0.131. The number of nitrogens with zero attached hydrogens (tertiary/aromatic N) is 5. The van der Waals surface area contributed by atoms with E-state index in [0.29, 0.717) is 18.7 Å². The maximum absolute atomic E-state index is 13.8. The van der Waals surface area contributed by atoms with Gasteiger partial charge in [0, 0.05) is 45.1 Å². The van der Waals surface area contributed by atoms with Crippen molar-refractivity contribution in [1.82, 2.24) is 20.0 Å². The molecule has 0 bridgehead atoms. The van der Waals surface area contributed by atoms with Crippen LogP contribution in [0.2, 0.25) is 0 Å². The summed E-state index contributed by atoms with van der Waals surface area (Å²) in [5.41, 5.74) is 4.03. The molecule has 0 saturated carbocycles. The molecule has 0 unspecified atom stereocenters. The van der Waals surface area contributed by atoms with Crippen LogP contribution in [0.3, 0.4) is 0 Å². The number of carbonyl (C=O) groups is 1. The van der Waals surface area contributed by atoms with E-state index in [1.165, 1.54) is 6.07 Å². The van der Waals surface area contributed by atoms with Gasteiger partial charge in [-0.2, -0.15) is 5.10 Å². The van der Waals surface area contributed by atoms with Crippen LogP contribution < -0.4 is 4.90 Å². The molecule has 1 aliphatic heterocycles. The second-order valence-corrected chi connectivity index (χ2v) is 8.69. The first-order valence-corrected chi connectivity index (χ1v) is 11.7. The van der Waals surface area contributed by atoms with E-state index in [9.17, 15) is 9.18 Å². The number of hydrogen-bond acceptors (Lipinski definition) is 5. The van der Waals surface area contributed by atoms with Gasteiger partial charge in [-0.3, -0.25) is 4.79 Å². The molecule has 1 fully saturated rings. The number of halogens is 1. The Morgan fingerprint density at radius 2 is 1.80 bits per heavy atom. The summed E-state index contributed by atoms with van der Waals surface area (Å²) < 4.78 is 13.8. The fourth-order valence-electron chi connectivity index (χ4n) is 4.15. The number of amides is 1. The molecule has 7 heteroatoms. The Bertz CT molecular complexity index is 1200. The van der Waals surface area contributed by atoms with Gasteiger partial charge in [-0.15, -0.1) is 5.10 Å². The molecule has 180 valence electrons. The highest BCUT2D eigenvalue weighted by atomic mass is 19.1. The molecule has 1 saturated heterocycles. The third-order valence-corrected chi connectivity index (χ3v) is 6.21. The summed E-state index contributed by atoms with van der Waals surface area (Å²) >= 11 is 0. The highest BCUT2D eigenvalue weighted by Crippen LogP contribution is 2.25. The van der Waals surface area contributed by atoms with Gasteiger partial charge >= 0.3 is 0 Å². The van der Waals surface area contributed by atoms with E-state index < -0.39 is 0 Å². The van der Waals surface area contributed by atoms with Gasteiger partial charge in [0.2, 0.25) is 5.91 Å². The monoisotopic (exact) mass is 471 g/mol. The lowest BCUT2D eigenvalue weighted by Gasteiger charge is -2.36. The van der Waals surface area contributed by atoms with Gasteiger partial charge < -0.3 is 14.7 Å². The van der Waals surface area contributed by atoms with Crippen molar-refractivity contribution < 1.29 is 9.18 Å². The predicted molar refractivity (Wildman–Crippen MR) is 138 cm³/mol. The Labute approximate surface area is 206 Å². The maximum atomic E-state index is 13.8. The van der Waals surface area contributed by atoms with Crippen LogP contribution in [0, 0.1) is 12.7 Å². The average molecular weight is 472 g/mol. The number of benzene rings is 2. The first-order chi connectivity index (χ1) is 16.9. The van der Waals surface area contributed by atoms with Crippen LogP contribution in [0.4, 0.5) is 10.2 Å². The summed E-state index contributed by atoms with van der Waals surface area (Å²) in [5, 5.41) is 8.11. The van der Waals surface area contributed by atoms with Crippen molar-refractivity contribution in [3.05, 3.63) is 102 Å². The maximum Gasteiger partial charge on any atom is 0.242 e. The molecular weight excluding hydrogens is 441 g/mol. The van der Waals surface area contributed by atoms with Crippen LogP contribution in [0.1, 0.15) is 16.7 Å². The van der Waals surface area contributed by atoms with Crippen LogP contribution in [-0.2, 0) is 4.79 Å². The second kappa shape index (κ2) is 11.0. The fraction of sp³-hybridized carbons (Fsp3) is 0.250. The number of piperazine rings is 1. The zero-order valence-electron chi connectivity index (χ0n) is 20.2. The molecule has 0 N–H and O–H groups in total. The number of aromatic nitrogens is 2. The lowest BCUT2D eigenvalue weighted by atomic mass is 10.0. The third kappa shape index (κ3) is 5.93. The Morgan fingerprint density at radius 1 is 1.06 bits per heavy atom. The van der Waals surface area contributed by atoms with Crippen LogP contribution in [0.5, 0.6) is 0 Å². The van der Waals surface area contributed by atoms with Crippen molar-refractivity contribution in [3.8, 4) is 0 Å². The zero-order valence-corrected chi connectivity index (χ0v) is 20.2. The molecule has 1 aliphatic rings. The van der Waals surface area contributed by atoms with E-state index in [0.717, 1.165) is 41.3 Å². The van der Waals surface area contributed by atoms with E-state index in [1.807, 2.05) is 65.4 Å². The summed E-state index contributed by atoms with van der Waals surface area (Å²) in [6.07, 6.45) is 3.62. The van der Waals surface area contributed by atoms with Crippen molar-refractivity contribution >= 4 is 23.0 Å². The molecule has 0 atom stereocenters. The Morgan fingerprint density at radius 3 is 2.46 bits per heavy atom. The van der Waals surface area contributed by atoms with Crippen LogP contribution in [0.25, 0.3) is 11.3 Å². The SMILES string of the molecule is C=C(/C=C(/c1ccccc1)N(C)CC(=O)N1CCN(c2cccnn2)CC1)c1ccc(F)c(C)c1. The van der Waals surface area contributed by atoms with Crippen LogP contribution in [-0.4, -0.2) is 65.7 Å². The molecule has 6 nitrogen and oxygen atoms in total. The molecule has 2 aromatic carbocycles. The first-order valence-electron chi connectivity index (χ1n) is 11.7. The summed E-state index contributed by atoms with van der Waals surface area (Å²) in [4.78, 5) is 19.2. The van der Waals surface area contributed by atoms with Gasteiger partial charge in [-0.05, 0) is 59.5 Å². The Balaban J connectivity index is 1.47. The smallest absolute Gasteiger partial charge is 0.242 e. The number of carbonyl (C=O) groups excluding carboxylic acids is 1. The number of allylic oxidation sites excluding steroid dienone is 2. The first kappa shape index (κ1) is 24.1. The Kier molecular flexibility index (Phi) is 7.55. The van der Waals surface area contributed by atoms with E-state index in [4.69, 9.17) is 0 Å². The number of anilines is 1. The van der Waals surface area contributed by atoms with E-state index in [-0.39, 0.29) is 18.3 Å². The summed E-state index contributed by atoms with van der Waals surface area (Å²) in [6.45, 7) is 8.89. The van der Waals surface area contributed by atoms with Crippen molar-refractivity contribution in [2.24, 2.45) is 0 Å². The summed E-state index contributed by atoms with van der Waals surface area (Å²) in [7, 11) is 1.91. The largest absolute Gasteiger partial charge is 0.365 e. The van der Waals surface area contributed by atoms with Gasteiger partial charge in [0.05, 0.1) is 6.54 Å². The van der Waals surface area contributed by atoms with Crippen LogP contribution in [0.15, 0.2) is 79.5 Å². The van der Waals surface area contributed by atoms with Gasteiger partial charge in [0.25, 0.3) is 0 Å². The van der Waals surface area contributed by atoms with Crippen molar-refractivity contribution in [2.45, 2.75) is 6.92 Å². The highest BCUT2D eigenvalue weighted by molar-refractivity contribution is 5.85. The summed E-state index contributed by atoms with van der Waals surface area (Å²) in [6, 6.07) is 18.7. The Hall–Kier alpha value is -4.00. The van der Waals surface area contributed by atoms with E-state index >= 15 is 0 Å². The molecule has 1 aromatic heterocycles. The highest BCUT2D eigenvalue weighted by Gasteiger charge is 2.23. The molecule has 0 radical (unpaired) electrons. The van der Waals surface area contributed by atoms with E-state index in [2.05, 4.69) is 21.7 Å². The topological polar surface area (TPSA) is 52.6 Å². The van der Waals surface area contributed by atoms with Gasteiger partial charge in [-0.1, -0.05) is 43.0 Å². The van der Waals surface area contributed by atoms with Crippen molar-refractivity contribution in [3.63, 3.8) is 0 Å². The van der Waals surface area contributed by atoms with Crippen LogP contribution >= 0.6 is 0 Å². The van der Waals surface area contributed by atoms with Gasteiger partial charge in [0.1, 0.15) is 5.82 Å². The molecule has 2 heterocycles. The van der Waals surface area contributed by atoms with Gasteiger partial charge in [-0.25, -0.2) is 4.39 Å². The molecule has 4 rings (SSSR count). The molecule has 0 spiro atoms. The van der Waals surface area contributed by atoms with E-state index in [1.54, 1.807) is 25.3 Å². The number of hydrogen-bond donors (Lipinski definition) is 0. The minimum Gasteiger partial charge on any atom is -0.365 e. The van der Waals surface area contributed by atoms with Crippen molar-refractivity contribution in [2.75, 3.05) is 44.7 Å². The average Bonchev–Trinajstić information content (AvgIpc) is 2.89. The second-order valence-electron chi connectivity index (χ2n) is 8.69. The lowest BCUT2D eigenvalue weighted by Crippen LogP contribution is -2.51. The fourth-order valence-corrected chi connectivity index (χ4v) is 4.15. The predicted octanol–water partition coefficient (Wildman–Crippen LogP) is 4.26. The standard InChI is InChI=1S/C28H30FN5O/c1-21(24-11-12-25(29)22(2)18-24)19-26(23-8-5-4-6-9-23)32(3)20-28(35)34-16-14-33(15-17-34)27-10-7-13-30-31-27/h4-13,18-19H,1,14-17,20H2,2-3H3/b26-19-. The normalized spacial score (nSPS) is 14.1. The zero-order chi connectivity index (χ0) is 24.8. The third-order valence-electron chi connectivity index (χ3n) is 6.21. The van der Waals surface area contributed by atoms with Crippen molar-refractivity contribution in [1.29, 1.82) is 0 Å². The molecule has 1 amide bonds. The summed E-state index contributed by atoms with van der Waals surface area (Å²) in [5.74, 6) is 0.660. The minimum atomic E-state index is -0.240. The molecule has 3 aromatic rings. The number of rotatable bonds is 7. The number of likely N-dealkylation sites (N-methyl/N-ethyl adjacent to an activating group) is 1. The molecule has 0 aliphatic carbocycles. The quantitative estimate of drug-likeness (QED) is 0.482. The minimum absolute atomic E-state index is 0.0661. The number of aryl methyl sites for hydroxylation is 1. The molecular formula is C28H30FN5O. The van der Waals surface area contributed by atoms with Gasteiger partial charge in [0.15, 0.2) is 5.82 Å².